The molecule has 0 aliphatic carbocycles. The minimum atomic E-state index is -1.59. The van der Waals surface area contributed by atoms with E-state index in [-0.39, 0.29) is 24.5 Å². The number of anilines is 1. The van der Waals surface area contributed by atoms with Crippen molar-refractivity contribution in [2.75, 3.05) is 37.7 Å². The van der Waals surface area contributed by atoms with Crippen molar-refractivity contribution in [3.63, 3.8) is 0 Å². The number of hydrogen-bond acceptors (Lipinski definition) is 5. The Morgan fingerprint density at radius 1 is 0.865 bits per heavy atom. The molecular formula is C28H27N3O5S. The van der Waals surface area contributed by atoms with Crippen LogP contribution in [-0.4, -0.2) is 64.7 Å². The largest absolute Gasteiger partial charge is 0.450 e. The van der Waals surface area contributed by atoms with Crippen molar-refractivity contribution in [1.82, 2.24) is 9.80 Å². The Bertz CT molecular complexity index is 1370. The van der Waals surface area contributed by atoms with Crippen LogP contribution in [-0.2, 0) is 22.1 Å². The third kappa shape index (κ3) is 4.86. The molecule has 3 amide bonds. The van der Waals surface area contributed by atoms with E-state index in [0.29, 0.717) is 59.4 Å². The highest BCUT2D eigenvalue weighted by atomic mass is 32.2. The molecule has 37 heavy (non-hydrogen) atoms. The summed E-state index contributed by atoms with van der Waals surface area (Å²) in [6, 6.07) is 21.5. The smallest absolute Gasteiger partial charge is 0.409 e. The van der Waals surface area contributed by atoms with Crippen molar-refractivity contribution in [3.8, 4) is 0 Å². The lowest BCUT2D eigenvalue weighted by Gasteiger charge is -2.34. The fourth-order valence-electron chi connectivity index (χ4n) is 4.61. The molecule has 2 heterocycles. The zero-order chi connectivity index (χ0) is 25.9. The third-order valence-electron chi connectivity index (χ3n) is 6.54. The predicted octanol–water partition coefficient (Wildman–Crippen LogP) is 3.93. The maximum absolute atomic E-state index is 13.7. The molecule has 2 aliphatic rings. The molecule has 0 bridgehead atoms. The second-order valence-electron chi connectivity index (χ2n) is 8.80. The Kier molecular flexibility index (Phi) is 7.05. The van der Waals surface area contributed by atoms with Crippen LogP contribution in [0, 0.1) is 0 Å². The van der Waals surface area contributed by atoms with Crippen molar-refractivity contribution in [1.29, 1.82) is 0 Å². The highest BCUT2D eigenvalue weighted by Gasteiger charge is 2.32. The SMILES string of the molecule is CCOC(=O)N1CCN(C(=O)c2ccc3c(c2)N(Cc2ccccc2)C(=O)c2ccccc2[S@]3=O)CC1. The van der Waals surface area contributed by atoms with Crippen LogP contribution in [0.1, 0.15) is 33.2 Å². The highest BCUT2D eigenvalue weighted by molar-refractivity contribution is 7.85. The molecule has 0 spiro atoms. The first-order valence-corrected chi connectivity index (χ1v) is 13.3. The zero-order valence-corrected chi connectivity index (χ0v) is 21.3. The Labute approximate surface area is 217 Å². The van der Waals surface area contributed by atoms with Gasteiger partial charge in [-0.2, -0.15) is 0 Å². The van der Waals surface area contributed by atoms with E-state index in [1.165, 1.54) is 0 Å². The van der Waals surface area contributed by atoms with E-state index < -0.39 is 10.8 Å². The first-order valence-electron chi connectivity index (χ1n) is 12.2. The molecule has 9 heteroatoms. The van der Waals surface area contributed by atoms with Gasteiger partial charge in [-0.1, -0.05) is 42.5 Å². The van der Waals surface area contributed by atoms with Gasteiger partial charge in [0.25, 0.3) is 11.8 Å². The maximum atomic E-state index is 13.7. The number of fused-ring (bicyclic) bond motifs is 2. The molecular weight excluding hydrogens is 490 g/mol. The molecule has 1 fully saturated rings. The Morgan fingerprint density at radius 3 is 2.27 bits per heavy atom. The molecule has 8 nitrogen and oxygen atoms in total. The van der Waals surface area contributed by atoms with Gasteiger partial charge in [0, 0.05) is 31.7 Å². The first kappa shape index (κ1) is 24.7. The van der Waals surface area contributed by atoms with Crippen molar-refractivity contribution < 1.29 is 23.3 Å². The van der Waals surface area contributed by atoms with Crippen LogP contribution in [0.15, 0.2) is 82.6 Å². The van der Waals surface area contributed by atoms with Gasteiger partial charge in [0.15, 0.2) is 0 Å². The molecule has 0 unspecified atom stereocenters. The summed E-state index contributed by atoms with van der Waals surface area (Å²) in [4.78, 5) is 45.0. The molecule has 1 saturated heterocycles. The first-order chi connectivity index (χ1) is 18.0. The van der Waals surface area contributed by atoms with Gasteiger partial charge in [-0.25, -0.2) is 9.00 Å². The van der Waals surface area contributed by atoms with Crippen molar-refractivity contribution in [3.05, 3.63) is 89.5 Å². The number of amides is 3. The van der Waals surface area contributed by atoms with Crippen LogP contribution in [0.2, 0.25) is 0 Å². The summed E-state index contributed by atoms with van der Waals surface area (Å²) < 4.78 is 18.7. The summed E-state index contributed by atoms with van der Waals surface area (Å²) in [7, 11) is -1.59. The second-order valence-corrected chi connectivity index (χ2v) is 10.2. The van der Waals surface area contributed by atoms with Gasteiger partial charge in [-0.3, -0.25) is 9.59 Å². The van der Waals surface area contributed by atoms with Crippen molar-refractivity contribution >= 4 is 34.4 Å². The summed E-state index contributed by atoms with van der Waals surface area (Å²) >= 11 is 0. The van der Waals surface area contributed by atoms with Gasteiger partial charge in [0.2, 0.25) is 0 Å². The fourth-order valence-corrected chi connectivity index (χ4v) is 5.95. The normalized spacial score (nSPS) is 17.1. The van der Waals surface area contributed by atoms with Gasteiger partial charge in [-0.05, 0) is 42.8 Å². The lowest BCUT2D eigenvalue weighted by atomic mass is 10.1. The van der Waals surface area contributed by atoms with Gasteiger partial charge in [0.1, 0.15) is 0 Å². The molecule has 0 N–H and O–H groups in total. The minimum absolute atomic E-state index is 0.203. The number of rotatable bonds is 4. The summed E-state index contributed by atoms with van der Waals surface area (Å²) in [6.07, 6.45) is -0.378. The number of piperazine rings is 1. The number of hydrogen-bond donors (Lipinski definition) is 0. The molecule has 1 atom stereocenters. The van der Waals surface area contributed by atoms with E-state index in [1.54, 1.807) is 64.1 Å². The van der Waals surface area contributed by atoms with E-state index in [2.05, 4.69) is 0 Å². The molecule has 3 aromatic carbocycles. The van der Waals surface area contributed by atoms with E-state index in [9.17, 15) is 18.6 Å². The van der Waals surface area contributed by atoms with Gasteiger partial charge < -0.3 is 19.4 Å². The second kappa shape index (κ2) is 10.6. The quantitative estimate of drug-likeness (QED) is 0.524. The summed E-state index contributed by atoms with van der Waals surface area (Å²) in [5, 5.41) is 0. The summed E-state index contributed by atoms with van der Waals surface area (Å²) in [5.74, 6) is -0.467. The fraction of sp³-hybridized carbons (Fsp3) is 0.250. The van der Waals surface area contributed by atoms with E-state index in [4.69, 9.17) is 4.74 Å². The number of carbonyl (C=O) groups excluding carboxylic acids is 3. The number of benzene rings is 3. The van der Waals surface area contributed by atoms with E-state index in [0.717, 1.165) is 5.56 Å². The molecule has 0 saturated carbocycles. The Hall–Kier alpha value is -3.98. The summed E-state index contributed by atoms with van der Waals surface area (Å²) in [6.45, 7) is 3.84. The average molecular weight is 518 g/mol. The van der Waals surface area contributed by atoms with Gasteiger partial charge in [-0.15, -0.1) is 0 Å². The van der Waals surface area contributed by atoms with Crippen molar-refractivity contribution in [2.45, 2.75) is 23.3 Å². The van der Waals surface area contributed by atoms with Gasteiger partial charge in [0.05, 0.1) is 45.0 Å². The molecule has 0 aromatic heterocycles. The van der Waals surface area contributed by atoms with Crippen LogP contribution in [0.25, 0.3) is 0 Å². The van der Waals surface area contributed by atoms with Crippen LogP contribution < -0.4 is 4.90 Å². The standard InChI is InChI=1S/C28H27N3O5S/c1-2-36-28(34)30-16-14-29(15-17-30)26(32)21-12-13-25-23(18-21)31(19-20-8-4-3-5-9-20)27(33)22-10-6-7-11-24(22)37(25)35/h3-13,18H,2,14-17,19H2,1H3/t37-/m1/s1. The van der Waals surface area contributed by atoms with Crippen LogP contribution in [0.5, 0.6) is 0 Å². The third-order valence-corrected chi connectivity index (χ3v) is 8.04. The number of ether oxygens (including phenoxy) is 1. The summed E-state index contributed by atoms with van der Waals surface area (Å²) in [5.41, 5.74) is 2.16. The predicted molar refractivity (Wildman–Crippen MR) is 139 cm³/mol. The monoisotopic (exact) mass is 517 g/mol. The molecule has 0 radical (unpaired) electrons. The van der Waals surface area contributed by atoms with E-state index >= 15 is 0 Å². The Morgan fingerprint density at radius 2 is 1.54 bits per heavy atom. The molecule has 190 valence electrons. The minimum Gasteiger partial charge on any atom is -0.450 e. The topological polar surface area (TPSA) is 87.2 Å². The number of nitrogens with zero attached hydrogens (tertiary/aromatic N) is 3. The van der Waals surface area contributed by atoms with Gasteiger partial charge >= 0.3 is 6.09 Å². The average Bonchev–Trinajstić information content (AvgIpc) is 3.03. The molecule has 5 rings (SSSR count). The highest BCUT2D eigenvalue weighted by Crippen LogP contribution is 2.36. The lowest BCUT2D eigenvalue weighted by Crippen LogP contribution is -2.50. The lowest BCUT2D eigenvalue weighted by molar-refractivity contribution is 0.0570. The molecule has 2 aliphatic heterocycles. The maximum Gasteiger partial charge on any atom is 0.409 e. The number of carbonyl (C=O) groups is 3. The Balaban J connectivity index is 1.48. The van der Waals surface area contributed by atoms with Crippen LogP contribution in [0.3, 0.4) is 0 Å². The van der Waals surface area contributed by atoms with Crippen LogP contribution in [0.4, 0.5) is 10.5 Å². The molecule has 3 aromatic rings. The zero-order valence-electron chi connectivity index (χ0n) is 20.5. The van der Waals surface area contributed by atoms with E-state index in [1.807, 2.05) is 30.3 Å². The van der Waals surface area contributed by atoms with Crippen LogP contribution >= 0.6 is 0 Å². The van der Waals surface area contributed by atoms with Crippen molar-refractivity contribution in [2.24, 2.45) is 0 Å².